The first-order valence-corrected chi connectivity index (χ1v) is 13.8. The molecule has 2 heterocycles. The van der Waals surface area contributed by atoms with Gasteiger partial charge in [-0.1, -0.05) is 42.1 Å². The lowest BCUT2D eigenvalue weighted by Gasteiger charge is -2.13. The number of nitrogens with one attached hydrogen (secondary N) is 1. The Morgan fingerprint density at radius 1 is 1.16 bits per heavy atom. The number of carbonyl (C=O) groups excluding carboxylic acids is 1. The number of hydrogen-bond acceptors (Lipinski definition) is 8. The van der Waals surface area contributed by atoms with Crippen LogP contribution in [-0.2, 0) is 17.6 Å². The largest absolute Gasteiger partial charge is 0.276 e. The number of thiophene rings is 1. The molecule has 4 aromatic rings. The minimum atomic E-state index is -0.457. The Bertz CT molecular complexity index is 1630. The Labute approximate surface area is 226 Å². The van der Waals surface area contributed by atoms with Gasteiger partial charge in [-0.15, -0.1) is 11.3 Å². The van der Waals surface area contributed by atoms with Crippen molar-refractivity contribution in [1.29, 1.82) is 0 Å². The van der Waals surface area contributed by atoms with Crippen molar-refractivity contribution in [1.82, 2.24) is 15.0 Å². The molecule has 0 unspecified atom stereocenters. The topological polar surface area (TPSA) is 119 Å². The van der Waals surface area contributed by atoms with Gasteiger partial charge in [-0.2, -0.15) is 5.10 Å². The van der Waals surface area contributed by atoms with Crippen LogP contribution in [0, 0.1) is 10.1 Å². The first kappa shape index (κ1) is 25.6. The van der Waals surface area contributed by atoms with Crippen LogP contribution in [0.25, 0.3) is 22.0 Å². The second-order valence-corrected chi connectivity index (χ2v) is 10.6. The van der Waals surface area contributed by atoms with E-state index in [1.165, 1.54) is 35.0 Å². The van der Waals surface area contributed by atoms with Crippen molar-refractivity contribution in [2.24, 2.45) is 5.10 Å². The van der Waals surface area contributed by atoms with E-state index in [2.05, 4.69) is 10.5 Å². The van der Waals surface area contributed by atoms with E-state index in [1.807, 2.05) is 30.3 Å². The fraction of sp³-hybridized carbons (Fsp3) is 0.185. The third-order valence-corrected chi connectivity index (χ3v) is 8.19. The van der Waals surface area contributed by atoms with E-state index in [0.717, 1.165) is 36.1 Å². The molecule has 1 aliphatic rings. The monoisotopic (exact) mass is 545 g/mol. The molecule has 0 saturated heterocycles. The minimum Gasteiger partial charge on any atom is -0.272 e. The van der Waals surface area contributed by atoms with Gasteiger partial charge in [-0.3, -0.25) is 24.3 Å². The summed E-state index contributed by atoms with van der Waals surface area (Å²) in [4.78, 5) is 43.6. The molecule has 0 aliphatic heterocycles. The quantitative estimate of drug-likeness (QED) is 0.108. The maximum absolute atomic E-state index is 13.7. The van der Waals surface area contributed by atoms with Crippen LogP contribution in [-0.4, -0.2) is 32.3 Å². The summed E-state index contributed by atoms with van der Waals surface area (Å²) in [6, 6.07) is 15.7. The van der Waals surface area contributed by atoms with Crippen LogP contribution in [0.3, 0.4) is 0 Å². The van der Waals surface area contributed by atoms with Gasteiger partial charge in [0.25, 0.3) is 17.2 Å². The second kappa shape index (κ2) is 11.5. The van der Waals surface area contributed by atoms with Crippen molar-refractivity contribution in [2.45, 2.75) is 30.8 Å². The summed E-state index contributed by atoms with van der Waals surface area (Å²) in [6.45, 7) is 0. The summed E-state index contributed by atoms with van der Waals surface area (Å²) in [7, 11) is 0. The van der Waals surface area contributed by atoms with Gasteiger partial charge in [0.05, 0.1) is 27.3 Å². The van der Waals surface area contributed by atoms with E-state index in [-0.39, 0.29) is 22.9 Å². The average Bonchev–Trinajstić information content (AvgIpc) is 3.31. The predicted octanol–water partition coefficient (Wildman–Crippen LogP) is 5.14. The minimum absolute atomic E-state index is 0.00107. The number of carbonyl (C=O) groups is 1. The Hall–Kier alpha value is -4.09. The molecule has 9 nitrogen and oxygen atoms in total. The molecule has 11 heteroatoms. The number of para-hydroxylation sites is 2. The van der Waals surface area contributed by atoms with Crippen molar-refractivity contribution in [3.8, 4) is 5.69 Å². The lowest BCUT2D eigenvalue weighted by Crippen LogP contribution is -2.24. The lowest BCUT2D eigenvalue weighted by atomic mass is 9.97. The van der Waals surface area contributed by atoms with Gasteiger partial charge in [-0.25, -0.2) is 10.4 Å². The number of nitro groups is 1. The number of rotatable bonds is 8. The van der Waals surface area contributed by atoms with E-state index in [1.54, 1.807) is 40.2 Å². The molecule has 2 aromatic carbocycles. The first-order chi connectivity index (χ1) is 18.5. The zero-order valence-electron chi connectivity index (χ0n) is 20.2. The molecule has 0 bridgehead atoms. The number of hydrazone groups is 1. The number of fused-ring (bicyclic) bond motifs is 3. The molecule has 38 heavy (non-hydrogen) atoms. The van der Waals surface area contributed by atoms with Gasteiger partial charge in [0, 0.05) is 17.2 Å². The molecule has 0 radical (unpaired) electrons. The van der Waals surface area contributed by atoms with Crippen LogP contribution in [0.1, 0.15) is 28.8 Å². The molecular weight excluding hydrogens is 522 g/mol. The number of allylic oxidation sites excluding steroid dienone is 1. The van der Waals surface area contributed by atoms with E-state index in [9.17, 15) is 19.7 Å². The predicted molar refractivity (Wildman–Crippen MR) is 151 cm³/mol. The number of hydrogen-bond donors (Lipinski definition) is 1. The van der Waals surface area contributed by atoms with E-state index < -0.39 is 4.92 Å². The summed E-state index contributed by atoms with van der Waals surface area (Å²) in [6.07, 6.45) is 8.44. The second-order valence-electron chi connectivity index (χ2n) is 8.54. The zero-order chi connectivity index (χ0) is 26.5. The van der Waals surface area contributed by atoms with Crippen LogP contribution < -0.4 is 11.0 Å². The van der Waals surface area contributed by atoms with Gasteiger partial charge in [0.1, 0.15) is 4.83 Å². The molecule has 1 aliphatic carbocycles. The maximum Gasteiger partial charge on any atom is 0.276 e. The highest BCUT2D eigenvalue weighted by molar-refractivity contribution is 7.99. The van der Waals surface area contributed by atoms with Gasteiger partial charge in [-0.05, 0) is 61.6 Å². The molecule has 0 spiro atoms. The highest BCUT2D eigenvalue weighted by Crippen LogP contribution is 2.35. The fourth-order valence-corrected chi connectivity index (χ4v) is 6.45. The van der Waals surface area contributed by atoms with Crippen LogP contribution in [0.5, 0.6) is 0 Å². The molecule has 5 rings (SSSR count). The van der Waals surface area contributed by atoms with Crippen LogP contribution in [0.2, 0.25) is 0 Å². The van der Waals surface area contributed by atoms with Gasteiger partial charge in [0.2, 0.25) is 0 Å². The molecule has 1 amide bonds. The third kappa shape index (κ3) is 5.43. The van der Waals surface area contributed by atoms with Gasteiger partial charge < -0.3 is 0 Å². The molecule has 2 aromatic heterocycles. The van der Waals surface area contributed by atoms with Gasteiger partial charge in [0.15, 0.2) is 5.16 Å². The number of nitrogens with zero attached hydrogens (tertiary/aromatic N) is 4. The van der Waals surface area contributed by atoms with E-state index in [4.69, 9.17) is 4.98 Å². The SMILES string of the molecule is O=C(CSc1nc2sc3c(c2c(=O)n1-c1ccccc1)CCCC3)N/N=C/C=C/c1ccccc1[N+](=O)[O-]. The normalized spacial score (nSPS) is 13.3. The summed E-state index contributed by atoms with van der Waals surface area (Å²) < 4.78 is 1.58. The highest BCUT2D eigenvalue weighted by Gasteiger charge is 2.23. The number of amides is 1. The fourth-order valence-electron chi connectivity index (χ4n) is 4.34. The molecule has 0 saturated carbocycles. The number of benzene rings is 2. The molecule has 0 fully saturated rings. The van der Waals surface area contributed by atoms with Crippen molar-refractivity contribution in [3.05, 3.63) is 97.1 Å². The van der Waals surface area contributed by atoms with Crippen LogP contribution in [0.4, 0.5) is 5.69 Å². The summed E-state index contributed by atoms with van der Waals surface area (Å²) in [5.74, 6) is -0.370. The third-order valence-electron chi connectivity index (χ3n) is 6.06. The van der Waals surface area contributed by atoms with Gasteiger partial charge >= 0.3 is 0 Å². The van der Waals surface area contributed by atoms with Crippen molar-refractivity contribution < 1.29 is 9.72 Å². The Kier molecular flexibility index (Phi) is 7.75. The number of nitro benzene ring substituents is 1. The summed E-state index contributed by atoms with van der Waals surface area (Å²) in [5.41, 5.74) is 4.57. The van der Waals surface area contributed by atoms with E-state index in [0.29, 0.717) is 21.8 Å². The zero-order valence-corrected chi connectivity index (χ0v) is 21.8. The summed E-state index contributed by atoms with van der Waals surface area (Å²) >= 11 is 2.75. The Balaban J connectivity index is 1.32. The highest BCUT2D eigenvalue weighted by atomic mass is 32.2. The number of thioether (sulfide) groups is 1. The average molecular weight is 546 g/mol. The van der Waals surface area contributed by atoms with Crippen LogP contribution in [0.15, 0.2) is 75.7 Å². The number of aryl methyl sites for hydroxylation is 2. The Morgan fingerprint density at radius 2 is 1.92 bits per heavy atom. The lowest BCUT2D eigenvalue weighted by molar-refractivity contribution is -0.385. The summed E-state index contributed by atoms with van der Waals surface area (Å²) in [5, 5.41) is 16.1. The van der Waals surface area contributed by atoms with Crippen molar-refractivity contribution in [3.63, 3.8) is 0 Å². The number of aromatic nitrogens is 2. The van der Waals surface area contributed by atoms with Crippen LogP contribution >= 0.6 is 23.1 Å². The molecule has 0 atom stereocenters. The van der Waals surface area contributed by atoms with E-state index >= 15 is 0 Å². The standard InChI is InChI=1S/C27H23N5O4S2/c33-23(30-28-16-8-10-18-9-4-6-14-21(18)32(35)36)17-37-27-29-25-24(20-13-5-7-15-22(20)38-25)26(34)31(27)19-11-2-1-3-12-19/h1-4,6,8-12,14,16H,5,7,13,15,17H2,(H,30,33)/b10-8+,28-16+. The molecular formula is C27H23N5O4S2. The van der Waals surface area contributed by atoms with Crippen molar-refractivity contribution >= 4 is 57.2 Å². The molecule has 1 N–H and O–H groups in total. The first-order valence-electron chi connectivity index (χ1n) is 12.0. The smallest absolute Gasteiger partial charge is 0.272 e. The Morgan fingerprint density at radius 3 is 2.74 bits per heavy atom. The maximum atomic E-state index is 13.7. The van der Waals surface area contributed by atoms with Crippen molar-refractivity contribution in [2.75, 3.05) is 5.75 Å². The molecule has 192 valence electrons.